The normalized spacial score (nSPS) is 14.8. The number of morpholine rings is 1. The third-order valence-electron chi connectivity index (χ3n) is 18.7. The Balaban J connectivity index is 0.000000127. The smallest absolute Gasteiger partial charge is 0.344 e. The number of aryl methyl sites for hydroxylation is 1. The van der Waals surface area contributed by atoms with Gasteiger partial charge in [0.1, 0.15) is 5.82 Å². The van der Waals surface area contributed by atoms with Crippen molar-refractivity contribution >= 4 is 22.8 Å². The average molecular weight is 1340 g/mol. The van der Waals surface area contributed by atoms with Crippen LogP contribution < -0.4 is 15.5 Å². The zero-order chi connectivity index (χ0) is 70.2. The van der Waals surface area contributed by atoms with Crippen LogP contribution in [0.5, 0.6) is 0 Å². The molecule has 15 rings (SSSR count). The molecule has 2 aliphatic heterocycles. The molecule has 11 aromatic rings. The minimum atomic E-state index is -0.344. The van der Waals surface area contributed by atoms with Gasteiger partial charge in [0.2, 0.25) is 11.9 Å². The molecule has 0 unspecified atom stereocenters. The van der Waals surface area contributed by atoms with E-state index >= 15 is 0 Å². The minimum Gasteiger partial charge on any atom is -0.378 e. The number of aromatic amines is 1. The Labute approximate surface area is 588 Å². The highest BCUT2D eigenvalue weighted by atomic mass is 16.5. The first-order chi connectivity index (χ1) is 48.4. The summed E-state index contributed by atoms with van der Waals surface area (Å²) in [4.78, 5) is 72.9. The van der Waals surface area contributed by atoms with Gasteiger partial charge in [0, 0.05) is 172 Å². The number of ether oxygens (including phenoxy) is 1. The first kappa shape index (κ1) is 71.4. The maximum absolute atomic E-state index is 10.8. The molecular formula is C80H96N18O2. The molecule has 20 heteroatoms. The molecule has 0 bridgehead atoms. The van der Waals surface area contributed by atoms with Gasteiger partial charge in [-0.05, 0) is 163 Å². The van der Waals surface area contributed by atoms with Crippen LogP contribution in [0.3, 0.4) is 0 Å². The molecule has 0 atom stereocenters. The standard InChI is InChI=1S/C19H21N3.C17H23N5.C16H20N4O.C16H19N3.C12H13N3O/c1-12(2)14-8-9-20-17(11-14)15-6-7-18-16(10-15)19(13-4-5-13)21-22(18)3;1-13(2)14-4-5-18-16(10-14)15-11-19-17(20-12-15)22-8-6-21(3)7-9-22;1-12(2)13-3-4-17-15(9-13)14-10-18-16(19-11-14)20-5-7-21-8-6-20;1-11(2)13-6-7-17-15(8-13)14-9-18-16(19-10-14)12-4-3-5-12;1-8(2)9-3-4-13-11(5-9)10-6-14-12(16)15-7-10/h6-13H,4-5H2,1-3H3;4-5,10-13H,6-9H2,1-3H3;3-4,9-12H,5-8H2,1-2H3;6-12H,3-5H2,1-2H3;3-8H,1-2H3,(H,14,15,16). The van der Waals surface area contributed by atoms with Crippen molar-refractivity contribution in [3.05, 3.63) is 209 Å². The van der Waals surface area contributed by atoms with Crippen LogP contribution >= 0.6 is 0 Å². The highest BCUT2D eigenvalue weighted by Gasteiger charge is 2.29. The molecule has 2 saturated heterocycles. The number of anilines is 2. The third kappa shape index (κ3) is 18.9. The number of fused-ring (bicyclic) bond motifs is 1. The zero-order valence-corrected chi connectivity index (χ0v) is 60.2. The van der Waals surface area contributed by atoms with Crippen molar-refractivity contribution in [1.82, 2.24) is 79.5 Å². The van der Waals surface area contributed by atoms with Crippen LogP contribution in [-0.4, -0.2) is 139 Å². The molecule has 0 radical (unpaired) electrons. The number of hydrogen-bond acceptors (Lipinski definition) is 18. The van der Waals surface area contributed by atoms with Crippen LogP contribution in [0.4, 0.5) is 11.9 Å². The lowest BCUT2D eigenvalue weighted by Crippen LogP contribution is -2.45. The highest BCUT2D eigenvalue weighted by Crippen LogP contribution is 2.43. The Morgan fingerprint density at radius 3 is 1.18 bits per heavy atom. The maximum atomic E-state index is 10.8. The van der Waals surface area contributed by atoms with Crippen LogP contribution in [0.2, 0.25) is 0 Å². The number of likely N-dealkylation sites (N-methyl/N-ethyl adjacent to an activating group) is 1. The first-order valence-corrected chi connectivity index (χ1v) is 35.5. The van der Waals surface area contributed by atoms with Gasteiger partial charge < -0.3 is 24.4 Å². The van der Waals surface area contributed by atoms with Gasteiger partial charge in [0.05, 0.1) is 52.9 Å². The number of pyridine rings is 5. The van der Waals surface area contributed by atoms with E-state index in [9.17, 15) is 4.79 Å². The van der Waals surface area contributed by atoms with Gasteiger partial charge in [-0.25, -0.2) is 39.7 Å². The van der Waals surface area contributed by atoms with Gasteiger partial charge in [-0.2, -0.15) is 5.10 Å². The zero-order valence-electron chi connectivity index (χ0n) is 60.2. The monoisotopic (exact) mass is 1340 g/mol. The molecule has 20 nitrogen and oxygen atoms in total. The summed E-state index contributed by atoms with van der Waals surface area (Å²) >= 11 is 0. The summed E-state index contributed by atoms with van der Waals surface area (Å²) in [7, 11) is 4.18. The van der Waals surface area contributed by atoms with Gasteiger partial charge in [-0.1, -0.05) is 81.7 Å². The molecular weight excluding hydrogens is 1250 g/mol. The van der Waals surface area contributed by atoms with Gasteiger partial charge in [-0.15, -0.1) is 0 Å². The number of aromatic nitrogens is 15. The van der Waals surface area contributed by atoms with Crippen molar-refractivity contribution in [1.29, 1.82) is 0 Å². The van der Waals surface area contributed by atoms with E-state index in [0.29, 0.717) is 41.4 Å². The second-order valence-corrected chi connectivity index (χ2v) is 27.9. The molecule has 518 valence electrons. The molecule has 1 aromatic carbocycles. The summed E-state index contributed by atoms with van der Waals surface area (Å²) in [5.41, 5.74) is 18.2. The molecule has 0 amide bonds. The Bertz CT molecular complexity index is 4450. The van der Waals surface area contributed by atoms with Crippen molar-refractivity contribution in [2.75, 3.05) is 69.3 Å². The Hall–Kier alpha value is -9.92. The molecule has 10 aromatic heterocycles. The van der Waals surface area contributed by atoms with E-state index < -0.39 is 0 Å². The summed E-state index contributed by atoms with van der Waals surface area (Å²) in [6.07, 6.45) is 30.0. The second-order valence-electron chi connectivity index (χ2n) is 27.9. The van der Waals surface area contributed by atoms with E-state index in [-0.39, 0.29) is 5.69 Å². The maximum Gasteiger partial charge on any atom is 0.344 e. The van der Waals surface area contributed by atoms with Gasteiger partial charge in [-0.3, -0.25) is 29.6 Å². The summed E-state index contributed by atoms with van der Waals surface area (Å²) in [6, 6.07) is 27.5. The molecule has 4 fully saturated rings. The predicted octanol–water partition coefficient (Wildman–Crippen LogP) is 15.4. The molecule has 1 N–H and O–H groups in total. The van der Waals surface area contributed by atoms with Crippen molar-refractivity contribution in [2.45, 2.75) is 143 Å². The van der Waals surface area contributed by atoms with Crippen molar-refractivity contribution in [3.8, 4) is 56.3 Å². The van der Waals surface area contributed by atoms with Crippen molar-refractivity contribution in [3.63, 3.8) is 0 Å². The van der Waals surface area contributed by atoms with E-state index in [1.807, 2.05) is 85.8 Å². The Morgan fingerprint density at radius 2 is 0.800 bits per heavy atom. The van der Waals surface area contributed by atoms with E-state index in [1.165, 1.54) is 88.3 Å². The Morgan fingerprint density at radius 1 is 0.410 bits per heavy atom. The molecule has 100 heavy (non-hydrogen) atoms. The number of rotatable bonds is 14. The van der Waals surface area contributed by atoms with Crippen molar-refractivity contribution in [2.24, 2.45) is 7.05 Å². The molecule has 2 aliphatic carbocycles. The lowest BCUT2D eigenvalue weighted by molar-refractivity contribution is 0.122. The number of H-pyrrole nitrogens is 1. The predicted molar refractivity (Wildman–Crippen MR) is 400 cm³/mol. The largest absolute Gasteiger partial charge is 0.378 e. The highest BCUT2D eigenvalue weighted by molar-refractivity contribution is 5.87. The fraction of sp³-hybridized carbons (Fsp3) is 0.400. The number of piperazine rings is 1. The molecule has 4 aliphatic rings. The second kappa shape index (κ2) is 33.8. The van der Waals surface area contributed by atoms with Gasteiger partial charge in [0.25, 0.3) is 0 Å². The number of nitrogens with one attached hydrogen (secondary N) is 1. The molecule has 0 spiro atoms. The van der Waals surface area contributed by atoms with Crippen LogP contribution in [0.15, 0.2) is 164 Å². The van der Waals surface area contributed by atoms with Crippen molar-refractivity contribution < 1.29 is 4.74 Å². The van der Waals surface area contributed by atoms with Crippen LogP contribution in [0, 0.1) is 0 Å². The fourth-order valence-electron chi connectivity index (χ4n) is 11.8. The topological polar surface area (TPSA) is 224 Å². The number of nitrogens with zero attached hydrogens (tertiary/aromatic N) is 17. The SMILES string of the molecule is CC(C)c1ccnc(-c2ccc3c(c2)c(C2CC2)nn3C)c1.CC(C)c1ccnc(-c2cnc(=O)[nH]c2)c1.CC(C)c1ccnc(-c2cnc(C3CCC3)nc2)c1.CC(C)c1ccnc(-c2cnc(N3CCN(C)CC3)nc2)c1.CC(C)c1ccnc(-c2cnc(N3CCOCC3)nc2)c1. The van der Waals surface area contributed by atoms with Crippen LogP contribution in [0.25, 0.3) is 67.2 Å². The minimum absolute atomic E-state index is 0.344. The summed E-state index contributed by atoms with van der Waals surface area (Å²) in [5.74, 6) is 6.29. The van der Waals surface area contributed by atoms with Crippen LogP contribution in [0.1, 0.15) is 182 Å². The average Bonchev–Trinajstić information content (AvgIpc) is 1.62. The van der Waals surface area contributed by atoms with E-state index in [1.54, 1.807) is 12.4 Å². The summed E-state index contributed by atoms with van der Waals surface area (Å²) in [6.45, 7) is 29.1. The van der Waals surface area contributed by atoms with E-state index in [2.05, 4.69) is 223 Å². The van der Waals surface area contributed by atoms with Crippen LogP contribution in [-0.2, 0) is 11.8 Å². The summed E-state index contributed by atoms with van der Waals surface area (Å²) in [5, 5.41) is 6.02. The Kier molecular flexibility index (Phi) is 24.1. The van der Waals surface area contributed by atoms with Gasteiger partial charge in [0.15, 0.2) is 0 Å². The number of hydrogen-bond donors (Lipinski definition) is 1. The van der Waals surface area contributed by atoms with E-state index in [0.717, 1.165) is 121 Å². The van der Waals surface area contributed by atoms with Gasteiger partial charge >= 0.3 is 5.69 Å². The third-order valence-corrected chi connectivity index (χ3v) is 18.7. The van der Waals surface area contributed by atoms with E-state index in [4.69, 9.17) is 9.84 Å². The lowest BCUT2D eigenvalue weighted by Gasteiger charge is -2.32. The molecule has 12 heterocycles. The summed E-state index contributed by atoms with van der Waals surface area (Å²) < 4.78 is 7.35. The molecule has 2 saturated carbocycles. The quantitative estimate of drug-likeness (QED) is 0.107. The first-order valence-electron chi connectivity index (χ1n) is 35.5. The number of benzene rings is 1. The lowest BCUT2D eigenvalue weighted by atomic mass is 9.85. The fourth-order valence-corrected chi connectivity index (χ4v) is 11.8.